The first kappa shape index (κ1) is 19.5. The summed E-state index contributed by atoms with van der Waals surface area (Å²) in [4.78, 5) is 17.8. The first-order valence-corrected chi connectivity index (χ1v) is 8.84. The fraction of sp³-hybridized carbons (Fsp3) is 0.136. The van der Waals surface area contributed by atoms with E-state index in [0.717, 1.165) is 5.56 Å². The van der Waals surface area contributed by atoms with E-state index in [4.69, 9.17) is 10.7 Å². The summed E-state index contributed by atoms with van der Waals surface area (Å²) in [5, 5.41) is 1.39. The average Bonchev–Trinajstić information content (AvgIpc) is 2.73. The van der Waals surface area contributed by atoms with Gasteiger partial charge in [0.25, 0.3) is 5.91 Å². The van der Waals surface area contributed by atoms with Gasteiger partial charge in [-0.3, -0.25) is 14.6 Å². The van der Waals surface area contributed by atoms with E-state index in [1.165, 1.54) is 24.3 Å². The Kier molecular flexibility index (Phi) is 6.37. The highest BCUT2D eigenvalue weighted by molar-refractivity contribution is 5.86. The average molecular weight is 379 g/mol. The molecule has 2 atom stereocenters. The minimum atomic E-state index is -0.883. The fourth-order valence-corrected chi connectivity index (χ4v) is 3.28. The van der Waals surface area contributed by atoms with Gasteiger partial charge in [0, 0.05) is 5.92 Å². The van der Waals surface area contributed by atoms with Crippen LogP contribution in [0.1, 0.15) is 17.0 Å². The summed E-state index contributed by atoms with van der Waals surface area (Å²) in [6.07, 6.45) is 0. The van der Waals surface area contributed by atoms with Crippen molar-refractivity contribution in [2.24, 2.45) is 5.84 Å². The van der Waals surface area contributed by atoms with Crippen LogP contribution in [0.5, 0.6) is 0 Å². The number of nitrogens with one attached hydrogen (secondary N) is 1. The number of benzene rings is 3. The lowest BCUT2D eigenvalue weighted by molar-refractivity contribution is -0.133. The number of carbonyl (C=O) groups excluding carboxylic acids is 1. The zero-order chi connectivity index (χ0) is 19.9. The molecule has 0 fully saturated rings. The molecule has 3 N–H and O–H groups in total. The maximum Gasteiger partial charge on any atom is 0.268 e. The van der Waals surface area contributed by atoms with Gasteiger partial charge in [0.2, 0.25) is 0 Å². The molecule has 0 saturated heterocycles. The molecule has 0 spiro atoms. The van der Waals surface area contributed by atoms with Crippen molar-refractivity contribution in [3.8, 4) is 0 Å². The number of hydroxylamine groups is 1. The van der Waals surface area contributed by atoms with Crippen LogP contribution in [0.25, 0.3) is 0 Å². The Morgan fingerprint density at radius 2 is 1.57 bits per heavy atom. The third-order valence-electron chi connectivity index (χ3n) is 4.51. The van der Waals surface area contributed by atoms with Gasteiger partial charge in [0.15, 0.2) is 0 Å². The van der Waals surface area contributed by atoms with Gasteiger partial charge in [0.05, 0.1) is 12.8 Å². The molecule has 0 aromatic heterocycles. The number of rotatable bonds is 7. The summed E-state index contributed by atoms with van der Waals surface area (Å²) in [6.45, 7) is 0. The second kappa shape index (κ2) is 9.12. The molecule has 28 heavy (non-hydrogen) atoms. The monoisotopic (exact) mass is 379 g/mol. The Morgan fingerprint density at radius 1 is 0.964 bits per heavy atom. The van der Waals surface area contributed by atoms with Crippen LogP contribution in [-0.2, 0) is 9.63 Å². The summed E-state index contributed by atoms with van der Waals surface area (Å²) in [5.41, 5.74) is 4.49. The fourth-order valence-electron chi connectivity index (χ4n) is 3.28. The van der Waals surface area contributed by atoms with Crippen molar-refractivity contribution in [1.82, 2.24) is 5.48 Å². The largest absolute Gasteiger partial charge is 0.298 e. The van der Waals surface area contributed by atoms with E-state index in [2.05, 4.69) is 5.48 Å². The van der Waals surface area contributed by atoms with Crippen molar-refractivity contribution in [2.45, 2.75) is 12.0 Å². The first-order chi connectivity index (χ1) is 13.6. The van der Waals surface area contributed by atoms with Gasteiger partial charge in [0.1, 0.15) is 11.9 Å². The molecule has 5 nitrogen and oxygen atoms in total. The van der Waals surface area contributed by atoms with E-state index in [0.29, 0.717) is 11.3 Å². The predicted octanol–water partition coefficient (Wildman–Crippen LogP) is 3.38. The summed E-state index contributed by atoms with van der Waals surface area (Å²) >= 11 is 0. The van der Waals surface area contributed by atoms with Gasteiger partial charge >= 0.3 is 0 Å². The molecular formula is C22H22FN3O2. The van der Waals surface area contributed by atoms with Crippen molar-refractivity contribution in [1.29, 1.82) is 0 Å². The Bertz CT molecular complexity index is 906. The number of nitrogens with two attached hydrogens (primary N) is 1. The number of carbonyl (C=O) groups is 1. The van der Waals surface area contributed by atoms with Crippen LogP contribution >= 0.6 is 0 Å². The zero-order valence-corrected chi connectivity index (χ0v) is 15.5. The Labute approximate surface area is 163 Å². The lowest BCUT2D eigenvalue weighted by Crippen LogP contribution is -2.54. The number of hydrazine groups is 1. The molecule has 0 radical (unpaired) electrons. The van der Waals surface area contributed by atoms with Crippen molar-refractivity contribution in [3.05, 3.63) is 102 Å². The minimum Gasteiger partial charge on any atom is -0.298 e. The van der Waals surface area contributed by atoms with Crippen molar-refractivity contribution >= 4 is 11.6 Å². The van der Waals surface area contributed by atoms with Crippen LogP contribution in [0.3, 0.4) is 0 Å². The zero-order valence-electron chi connectivity index (χ0n) is 15.5. The number of nitrogens with zero attached hydrogens (tertiary/aromatic N) is 1. The van der Waals surface area contributed by atoms with E-state index >= 15 is 0 Å². The van der Waals surface area contributed by atoms with Crippen LogP contribution in [0.15, 0.2) is 84.9 Å². The van der Waals surface area contributed by atoms with Crippen molar-refractivity contribution in [2.75, 3.05) is 12.1 Å². The lowest BCUT2D eigenvalue weighted by Gasteiger charge is -2.34. The number of anilines is 1. The number of halogens is 1. The molecule has 144 valence electrons. The number of hydrogen-bond donors (Lipinski definition) is 2. The Hall–Kier alpha value is -3.22. The summed E-state index contributed by atoms with van der Waals surface area (Å²) in [6, 6.07) is 23.9. The van der Waals surface area contributed by atoms with Crippen molar-refractivity contribution in [3.63, 3.8) is 0 Å². The third kappa shape index (κ3) is 4.36. The topological polar surface area (TPSA) is 67.6 Å². The SMILES string of the molecule is CONC(=O)[C@H](C(c1ccccc1)c1cccc(F)c1)N(N)c1ccccc1. The molecule has 0 heterocycles. The number of hydrogen-bond acceptors (Lipinski definition) is 4. The molecule has 1 amide bonds. The van der Waals surface area contributed by atoms with E-state index in [1.807, 2.05) is 48.5 Å². The summed E-state index contributed by atoms with van der Waals surface area (Å²) < 4.78 is 14.0. The molecule has 0 aliphatic rings. The molecule has 0 aliphatic carbocycles. The highest BCUT2D eigenvalue weighted by Crippen LogP contribution is 2.32. The Morgan fingerprint density at radius 3 is 2.18 bits per heavy atom. The van der Waals surface area contributed by atoms with Gasteiger partial charge in [-0.25, -0.2) is 15.7 Å². The minimum absolute atomic E-state index is 0.382. The summed E-state index contributed by atoms with van der Waals surface area (Å²) in [7, 11) is 1.36. The van der Waals surface area contributed by atoms with Crippen LogP contribution in [0.4, 0.5) is 10.1 Å². The number of amides is 1. The molecule has 3 rings (SSSR count). The predicted molar refractivity (Wildman–Crippen MR) is 107 cm³/mol. The molecule has 0 bridgehead atoms. The highest BCUT2D eigenvalue weighted by atomic mass is 19.1. The highest BCUT2D eigenvalue weighted by Gasteiger charge is 2.35. The molecular weight excluding hydrogens is 357 g/mol. The molecule has 1 unspecified atom stereocenters. The van der Waals surface area contributed by atoms with E-state index in [9.17, 15) is 9.18 Å². The second-order valence-electron chi connectivity index (χ2n) is 6.30. The Balaban J connectivity index is 2.14. The van der Waals surface area contributed by atoms with Gasteiger partial charge in [-0.2, -0.15) is 0 Å². The maximum atomic E-state index is 14.0. The lowest BCUT2D eigenvalue weighted by atomic mass is 9.84. The third-order valence-corrected chi connectivity index (χ3v) is 4.51. The molecule has 0 aliphatic heterocycles. The normalized spacial score (nSPS) is 12.8. The number of para-hydroxylation sites is 1. The van der Waals surface area contributed by atoms with Gasteiger partial charge in [-0.1, -0.05) is 60.7 Å². The van der Waals surface area contributed by atoms with Crippen LogP contribution in [0, 0.1) is 5.82 Å². The molecule has 3 aromatic rings. The van der Waals surface area contributed by atoms with Crippen molar-refractivity contribution < 1.29 is 14.0 Å². The van der Waals surface area contributed by atoms with Crippen LogP contribution < -0.4 is 16.3 Å². The van der Waals surface area contributed by atoms with E-state index < -0.39 is 17.9 Å². The van der Waals surface area contributed by atoms with E-state index in [1.54, 1.807) is 24.3 Å². The molecule has 3 aromatic carbocycles. The van der Waals surface area contributed by atoms with Gasteiger partial charge in [-0.05, 0) is 35.4 Å². The molecule has 6 heteroatoms. The van der Waals surface area contributed by atoms with Gasteiger partial charge in [-0.15, -0.1) is 0 Å². The van der Waals surface area contributed by atoms with Gasteiger partial charge < -0.3 is 0 Å². The first-order valence-electron chi connectivity index (χ1n) is 8.84. The maximum absolute atomic E-state index is 14.0. The smallest absolute Gasteiger partial charge is 0.268 e. The quantitative estimate of drug-likeness (QED) is 0.488. The standard InChI is InChI=1S/C22H22FN3O2/c1-28-25-22(27)21(26(24)19-13-6-3-7-14-19)20(16-9-4-2-5-10-16)17-11-8-12-18(23)15-17/h2-15,20-21H,24H2,1H3,(H,25,27)/t20?,21-/m0/s1. The van der Waals surface area contributed by atoms with E-state index in [-0.39, 0.29) is 5.82 Å². The summed E-state index contributed by atoms with van der Waals surface area (Å²) in [5.74, 6) is 5.06. The van der Waals surface area contributed by atoms with Crippen LogP contribution in [0.2, 0.25) is 0 Å². The second-order valence-corrected chi connectivity index (χ2v) is 6.30. The van der Waals surface area contributed by atoms with Crippen LogP contribution in [-0.4, -0.2) is 19.1 Å². The molecule has 0 saturated carbocycles.